The number of para-hydroxylation sites is 3. The summed E-state index contributed by atoms with van der Waals surface area (Å²) in [5.74, 6) is 0.728. The molecule has 1 saturated heterocycles. The lowest BCUT2D eigenvalue weighted by Crippen LogP contribution is -2.46. The van der Waals surface area contributed by atoms with Crippen LogP contribution in [0.2, 0.25) is 0 Å². The summed E-state index contributed by atoms with van der Waals surface area (Å²) >= 11 is 0. The van der Waals surface area contributed by atoms with Crippen molar-refractivity contribution >= 4 is 32.8 Å². The molecule has 0 spiro atoms. The van der Waals surface area contributed by atoms with E-state index in [2.05, 4.69) is 38.1 Å². The van der Waals surface area contributed by atoms with Crippen molar-refractivity contribution in [1.29, 1.82) is 0 Å². The molecule has 3 heterocycles. The second-order valence-electron chi connectivity index (χ2n) is 9.42. The SMILES string of the molecule is O[C@@H](COc1ccc2c(c1)[nH]c1ccccc12)CN1CCC(O)(c2cnc3ccccc3n2)CC1. The summed E-state index contributed by atoms with van der Waals surface area (Å²) in [6.45, 7) is 2.04. The second-order valence-corrected chi connectivity index (χ2v) is 9.42. The number of fused-ring (bicyclic) bond motifs is 4. The van der Waals surface area contributed by atoms with Crippen molar-refractivity contribution in [3.05, 3.63) is 78.6 Å². The molecule has 35 heavy (non-hydrogen) atoms. The highest BCUT2D eigenvalue weighted by atomic mass is 16.5. The molecule has 2 aromatic heterocycles. The normalized spacial score (nSPS) is 17.2. The standard InChI is InChI=1S/C28H28N4O3/c33-19(18-35-20-9-10-22-21-5-1-2-6-23(21)30-26(22)15-20)17-32-13-11-28(34,12-14-32)27-16-29-24-7-3-4-8-25(24)31-27/h1-10,15-16,19,30,33-34H,11-14,17-18H2/t19-/m1/s1. The maximum absolute atomic E-state index is 11.2. The van der Waals surface area contributed by atoms with Crippen LogP contribution in [0.25, 0.3) is 32.8 Å². The second kappa shape index (κ2) is 8.92. The highest BCUT2D eigenvalue weighted by Gasteiger charge is 2.36. The van der Waals surface area contributed by atoms with Crippen LogP contribution in [-0.2, 0) is 5.60 Å². The Kier molecular flexibility index (Phi) is 5.60. The number of ether oxygens (including phenoxy) is 1. The largest absolute Gasteiger partial charge is 0.491 e. The molecule has 7 heteroatoms. The molecule has 3 N–H and O–H groups in total. The maximum atomic E-state index is 11.2. The molecule has 5 aromatic rings. The number of nitrogens with one attached hydrogen (secondary N) is 1. The monoisotopic (exact) mass is 468 g/mol. The van der Waals surface area contributed by atoms with Gasteiger partial charge in [-0.1, -0.05) is 30.3 Å². The Hall–Kier alpha value is -3.52. The highest BCUT2D eigenvalue weighted by Crippen LogP contribution is 2.32. The van der Waals surface area contributed by atoms with E-state index in [1.54, 1.807) is 6.20 Å². The quantitative estimate of drug-likeness (QED) is 0.349. The van der Waals surface area contributed by atoms with Crippen LogP contribution in [0, 0.1) is 0 Å². The Morgan fingerprint density at radius 3 is 2.54 bits per heavy atom. The zero-order chi connectivity index (χ0) is 23.8. The summed E-state index contributed by atoms with van der Waals surface area (Å²) in [6.07, 6.45) is 2.15. The minimum absolute atomic E-state index is 0.211. The zero-order valence-corrected chi connectivity index (χ0v) is 19.4. The molecule has 1 fully saturated rings. The van der Waals surface area contributed by atoms with E-state index in [-0.39, 0.29) is 6.61 Å². The molecule has 0 radical (unpaired) electrons. The minimum atomic E-state index is -0.996. The van der Waals surface area contributed by atoms with Crippen molar-refractivity contribution in [2.24, 2.45) is 0 Å². The molecule has 0 bridgehead atoms. The number of aliphatic hydroxyl groups excluding tert-OH is 1. The zero-order valence-electron chi connectivity index (χ0n) is 19.4. The lowest BCUT2D eigenvalue weighted by Gasteiger charge is -2.38. The first-order valence-electron chi connectivity index (χ1n) is 12.1. The van der Waals surface area contributed by atoms with Gasteiger partial charge < -0.3 is 24.8 Å². The Balaban J connectivity index is 1.04. The summed E-state index contributed by atoms with van der Waals surface area (Å²) in [5, 5.41) is 24.2. The summed E-state index contributed by atoms with van der Waals surface area (Å²) in [7, 11) is 0. The smallest absolute Gasteiger partial charge is 0.121 e. The molecule has 0 amide bonds. The highest BCUT2D eigenvalue weighted by molar-refractivity contribution is 6.07. The summed E-state index contributed by atoms with van der Waals surface area (Å²) in [4.78, 5) is 14.7. The third-order valence-electron chi connectivity index (χ3n) is 7.00. The number of piperidine rings is 1. The van der Waals surface area contributed by atoms with Crippen molar-refractivity contribution in [1.82, 2.24) is 19.9 Å². The van der Waals surface area contributed by atoms with Gasteiger partial charge in [-0.3, -0.25) is 4.98 Å². The average molecular weight is 469 g/mol. The van der Waals surface area contributed by atoms with Gasteiger partial charge in [-0.05, 0) is 43.2 Å². The molecule has 0 unspecified atom stereocenters. The first kappa shape index (κ1) is 22.0. The third-order valence-corrected chi connectivity index (χ3v) is 7.00. The van der Waals surface area contributed by atoms with Gasteiger partial charge in [-0.15, -0.1) is 0 Å². The predicted octanol–water partition coefficient (Wildman–Crippen LogP) is 3.99. The van der Waals surface area contributed by atoms with E-state index in [1.165, 1.54) is 5.39 Å². The molecule has 6 rings (SSSR count). The first-order chi connectivity index (χ1) is 17.1. The first-order valence-corrected chi connectivity index (χ1v) is 12.1. The fourth-order valence-corrected chi connectivity index (χ4v) is 5.01. The van der Waals surface area contributed by atoms with Crippen LogP contribution in [0.3, 0.4) is 0 Å². The van der Waals surface area contributed by atoms with Gasteiger partial charge in [0.25, 0.3) is 0 Å². The van der Waals surface area contributed by atoms with Crippen molar-refractivity contribution in [3.8, 4) is 5.75 Å². The number of hydrogen-bond acceptors (Lipinski definition) is 6. The van der Waals surface area contributed by atoms with Gasteiger partial charge in [0.2, 0.25) is 0 Å². The van der Waals surface area contributed by atoms with Crippen LogP contribution in [0.15, 0.2) is 72.9 Å². The molecule has 3 aromatic carbocycles. The van der Waals surface area contributed by atoms with Crippen molar-refractivity contribution in [3.63, 3.8) is 0 Å². The number of aromatic nitrogens is 3. The van der Waals surface area contributed by atoms with E-state index in [0.717, 1.165) is 33.2 Å². The van der Waals surface area contributed by atoms with E-state index in [1.807, 2.05) is 48.5 Å². The molecule has 1 aliphatic rings. The molecule has 7 nitrogen and oxygen atoms in total. The van der Waals surface area contributed by atoms with Gasteiger partial charge in [0, 0.05) is 42.0 Å². The summed E-state index contributed by atoms with van der Waals surface area (Å²) in [6, 6.07) is 21.9. The van der Waals surface area contributed by atoms with E-state index in [9.17, 15) is 10.2 Å². The number of aliphatic hydroxyl groups is 2. The van der Waals surface area contributed by atoms with Crippen molar-refractivity contribution < 1.29 is 14.9 Å². The fraction of sp³-hybridized carbons (Fsp3) is 0.286. The maximum Gasteiger partial charge on any atom is 0.121 e. The number of rotatable bonds is 6. The molecular weight excluding hydrogens is 440 g/mol. The van der Waals surface area contributed by atoms with Gasteiger partial charge in [0.1, 0.15) is 24.1 Å². The van der Waals surface area contributed by atoms with Crippen LogP contribution in [0.4, 0.5) is 0 Å². The molecular formula is C28H28N4O3. The van der Waals surface area contributed by atoms with Crippen LogP contribution in [-0.4, -0.2) is 62.4 Å². The van der Waals surface area contributed by atoms with Gasteiger partial charge >= 0.3 is 0 Å². The topological polar surface area (TPSA) is 94.5 Å². The molecule has 178 valence electrons. The lowest BCUT2D eigenvalue weighted by atomic mass is 9.88. The number of benzene rings is 3. The summed E-state index contributed by atoms with van der Waals surface area (Å²) < 4.78 is 5.90. The van der Waals surface area contributed by atoms with Gasteiger partial charge in [-0.25, -0.2) is 4.98 Å². The number of likely N-dealkylation sites (tertiary alicyclic amines) is 1. The molecule has 0 aliphatic carbocycles. The number of H-pyrrole nitrogens is 1. The van der Waals surface area contributed by atoms with E-state index >= 15 is 0 Å². The van der Waals surface area contributed by atoms with Crippen LogP contribution >= 0.6 is 0 Å². The van der Waals surface area contributed by atoms with Gasteiger partial charge in [-0.2, -0.15) is 0 Å². The Bertz CT molecular complexity index is 1490. The third kappa shape index (κ3) is 4.34. The average Bonchev–Trinajstić information content (AvgIpc) is 3.26. The van der Waals surface area contributed by atoms with E-state index in [0.29, 0.717) is 38.2 Å². The predicted molar refractivity (Wildman–Crippen MR) is 136 cm³/mol. The summed E-state index contributed by atoms with van der Waals surface area (Å²) in [5.41, 5.74) is 3.35. The Labute approximate surface area is 203 Å². The number of aromatic amines is 1. The van der Waals surface area contributed by atoms with Gasteiger partial charge in [0.15, 0.2) is 0 Å². The number of hydrogen-bond donors (Lipinski definition) is 3. The Morgan fingerprint density at radius 1 is 0.943 bits per heavy atom. The molecule has 0 saturated carbocycles. The number of β-amino-alcohol motifs (C(OH)–C–C–N with tert-alkyl or cyclic N) is 1. The van der Waals surface area contributed by atoms with E-state index < -0.39 is 11.7 Å². The van der Waals surface area contributed by atoms with Crippen molar-refractivity contribution in [2.75, 3.05) is 26.2 Å². The van der Waals surface area contributed by atoms with E-state index in [4.69, 9.17) is 4.74 Å². The van der Waals surface area contributed by atoms with Crippen molar-refractivity contribution in [2.45, 2.75) is 24.5 Å². The fourth-order valence-electron chi connectivity index (χ4n) is 5.01. The molecule has 1 atom stereocenters. The van der Waals surface area contributed by atoms with Crippen LogP contribution in [0.5, 0.6) is 5.75 Å². The van der Waals surface area contributed by atoms with Gasteiger partial charge in [0.05, 0.1) is 28.4 Å². The minimum Gasteiger partial charge on any atom is -0.491 e. The lowest BCUT2D eigenvalue weighted by molar-refractivity contribution is -0.0401. The number of nitrogens with zero attached hydrogens (tertiary/aromatic N) is 3. The Morgan fingerprint density at radius 2 is 1.69 bits per heavy atom. The van der Waals surface area contributed by atoms with Crippen LogP contribution in [0.1, 0.15) is 18.5 Å². The molecule has 1 aliphatic heterocycles. The van der Waals surface area contributed by atoms with Crippen LogP contribution < -0.4 is 4.74 Å².